The molecule has 0 spiro atoms. The number of phenols is 2. The van der Waals surface area contributed by atoms with Crippen molar-refractivity contribution >= 4 is 11.8 Å². The SMILES string of the molecule is CC(C)=CCc1c(O)c(C(=O)C(C)C)c(O)c2c1OC(=O)CC2c1ccccc1. The van der Waals surface area contributed by atoms with Crippen molar-refractivity contribution in [3.05, 3.63) is 64.2 Å². The molecule has 0 aliphatic carbocycles. The first-order valence-corrected chi connectivity index (χ1v) is 9.76. The largest absolute Gasteiger partial charge is 0.507 e. The third kappa shape index (κ3) is 3.90. The number of ketones is 1. The van der Waals surface area contributed by atoms with Gasteiger partial charge >= 0.3 is 5.97 Å². The second kappa shape index (κ2) is 8.11. The van der Waals surface area contributed by atoms with E-state index < -0.39 is 17.8 Å². The minimum Gasteiger partial charge on any atom is -0.507 e. The van der Waals surface area contributed by atoms with Crippen LogP contribution in [0.4, 0.5) is 0 Å². The van der Waals surface area contributed by atoms with Gasteiger partial charge in [0.25, 0.3) is 0 Å². The maximum Gasteiger partial charge on any atom is 0.312 e. The van der Waals surface area contributed by atoms with Crippen LogP contribution < -0.4 is 4.74 Å². The van der Waals surface area contributed by atoms with Crippen LogP contribution in [0.2, 0.25) is 0 Å². The first-order valence-electron chi connectivity index (χ1n) is 9.76. The molecule has 2 aromatic rings. The van der Waals surface area contributed by atoms with Gasteiger partial charge in [0, 0.05) is 23.0 Å². The number of carbonyl (C=O) groups is 2. The van der Waals surface area contributed by atoms with Crippen molar-refractivity contribution in [2.24, 2.45) is 5.92 Å². The van der Waals surface area contributed by atoms with Crippen molar-refractivity contribution in [1.82, 2.24) is 0 Å². The van der Waals surface area contributed by atoms with Gasteiger partial charge in [-0.15, -0.1) is 0 Å². The third-order valence-electron chi connectivity index (χ3n) is 5.16. The molecule has 1 unspecified atom stereocenters. The van der Waals surface area contributed by atoms with Gasteiger partial charge in [-0.05, 0) is 25.8 Å². The van der Waals surface area contributed by atoms with E-state index in [1.165, 1.54) is 0 Å². The minimum absolute atomic E-state index is 0.0484. The van der Waals surface area contributed by atoms with Gasteiger partial charge in [-0.2, -0.15) is 0 Å². The molecule has 3 rings (SSSR count). The van der Waals surface area contributed by atoms with Crippen LogP contribution in [0.25, 0.3) is 0 Å². The van der Waals surface area contributed by atoms with Crippen LogP contribution in [0.3, 0.4) is 0 Å². The van der Waals surface area contributed by atoms with Gasteiger partial charge in [0.15, 0.2) is 5.78 Å². The van der Waals surface area contributed by atoms with Crippen molar-refractivity contribution in [3.63, 3.8) is 0 Å². The average molecular weight is 394 g/mol. The van der Waals surface area contributed by atoms with E-state index in [0.29, 0.717) is 11.1 Å². The molecular formula is C24H26O5. The zero-order valence-corrected chi connectivity index (χ0v) is 17.2. The molecule has 0 amide bonds. The van der Waals surface area contributed by atoms with Gasteiger partial charge in [0.05, 0.1) is 6.42 Å². The standard InChI is InChI=1S/C24H26O5/c1-13(2)10-11-16-22(27)20(21(26)14(3)4)23(28)19-17(12-18(25)29-24(16)19)15-8-6-5-7-9-15/h5-10,14,17,27-28H,11-12H2,1-4H3. The van der Waals surface area contributed by atoms with E-state index in [0.717, 1.165) is 11.1 Å². The van der Waals surface area contributed by atoms with Crippen molar-refractivity contribution in [2.75, 3.05) is 0 Å². The second-order valence-corrected chi connectivity index (χ2v) is 7.94. The lowest BCUT2D eigenvalue weighted by atomic mass is 9.81. The van der Waals surface area contributed by atoms with Crippen molar-refractivity contribution in [1.29, 1.82) is 0 Å². The van der Waals surface area contributed by atoms with Gasteiger partial charge in [-0.25, -0.2) is 0 Å². The van der Waals surface area contributed by atoms with E-state index in [2.05, 4.69) is 0 Å². The molecule has 5 heteroatoms. The zero-order valence-electron chi connectivity index (χ0n) is 17.2. The molecule has 0 aromatic heterocycles. The number of esters is 1. The number of aromatic hydroxyl groups is 2. The predicted octanol–water partition coefficient (Wildman–Crippen LogP) is 4.89. The number of Topliss-reactive ketones (excluding diaryl/α,β-unsaturated/α-hetero) is 1. The van der Waals surface area contributed by atoms with E-state index >= 15 is 0 Å². The minimum atomic E-state index is -0.461. The summed E-state index contributed by atoms with van der Waals surface area (Å²) in [7, 11) is 0. The lowest BCUT2D eigenvalue weighted by Gasteiger charge is -2.29. The molecule has 152 valence electrons. The quantitative estimate of drug-likeness (QED) is 0.327. The summed E-state index contributed by atoms with van der Waals surface area (Å²) in [4.78, 5) is 25.2. The molecule has 1 heterocycles. The number of allylic oxidation sites excluding steroid dienone is 2. The van der Waals surface area contributed by atoms with E-state index in [9.17, 15) is 19.8 Å². The summed E-state index contributed by atoms with van der Waals surface area (Å²) in [6.07, 6.45) is 2.21. The predicted molar refractivity (Wildman–Crippen MR) is 111 cm³/mol. The Labute approximate surface area is 170 Å². The number of hydrogen-bond donors (Lipinski definition) is 2. The first-order chi connectivity index (χ1) is 13.7. The molecule has 0 radical (unpaired) electrons. The van der Waals surface area contributed by atoms with Crippen LogP contribution in [0.5, 0.6) is 17.2 Å². The summed E-state index contributed by atoms with van der Waals surface area (Å²) in [5.74, 6) is -2.14. The van der Waals surface area contributed by atoms with Gasteiger partial charge < -0.3 is 14.9 Å². The lowest BCUT2D eigenvalue weighted by Crippen LogP contribution is -2.23. The monoisotopic (exact) mass is 394 g/mol. The summed E-state index contributed by atoms with van der Waals surface area (Å²) >= 11 is 0. The average Bonchev–Trinajstić information content (AvgIpc) is 2.67. The zero-order chi connectivity index (χ0) is 21.3. The highest BCUT2D eigenvalue weighted by Gasteiger charge is 2.38. The van der Waals surface area contributed by atoms with Crippen LogP contribution in [0.1, 0.15) is 67.1 Å². The summed E-state index contributed by atoms with van der Waals surface area (Å²) in [5.41, 5.74) is 2.48. The number of phenolic OH excluding ortho intramolecular Hbond substituents is 2. The van der Waals surface area contributed by atoms with Gasteiger partial charge in [0.1, 0.15) is 22.8 Å². The van der Waals surface area contributed by atoms with Crippen LogP contribution >= 0.6 is 0 Å². The number of fused-ring (bicyclic) bond motifs is 1. The number of benzene rings is 2. The molecular weight excluding hydrogens is 368 g/mol. The summed E-state index contributed by atoms with van der Waals surface area (Å²) < 4.78 is 5.50. The fourth-order valence-electron chi connectivity index (χ4n) is 3.63. The van der Waals surface area contributed by atoms with E-state index in [1.807, 2.05) is 50.3 Å². The Bertz CT molecular complexity index is 982. The summed E-state index contributed by atoms with van der Waals surface area (Å²) in [6, 6.07) is 9.33. The molecule has 2 aromatic carbocycles. The molecule has 2 N–H and O–H groups in total. The highest BCUT2D eigenvalue weighted by Crippen LogP contribution is 2.51. The topological polar surface area (TPSA) is 83.8 Å². The Hall–Kier alpha value is -3.08. The maximum atomic E-state index is 12.8. The second-order valence-electron chi connectivity index (χ2n) is 7.94. The smallest absolute Gasteiger partial charge is 0.312 e. The van der Waals surface area contributed by atoms with Crippen LogP contribution in [-0.2, 0) is 11.2 Å². The van der Waals surface area contributed by atoms with Crippen LogP contribution in [0, 0.1) is 5.92 Å². The maximum absolute atomic E-state index is 12.8. The number of ether oxygens (including phenoxy) is 1. The molecule has 1 aliphatic heterocycles. The van der Waals surface area contributed by atoms with Crippen molar-refractivity contribution in [3.8, 4) is 17.2 Å². The number of rotatable bonds is 5. The van der Waals surface area contributed by atoms with E-state index in [-0.39, 0.29) is 41.4 Å². The van der Waals surface area contributed by atoms with Gasteiger partial charge in [0.2, 0.25) is 0 Å². The fraction of sp³-hybridized carbons (Fsp3) is 0.333. The molecule has 1 aliphatic rings. The molecule has 0 saturated carbocycles. The summed E-state index contributed by atoms with van der Waals surface area (Å²) in [6.45, 7) is 7.27. The highest BCUT2D eigenvalue weighted by atomic mass is 16.5. The molecule has 0 fully saturated rings. The normalized spacial score (nSPS) is 15.6. The Kier molecular flexibility index (Phi) is 5.78. The molecule has 1 atom stereocenters. The number of carbonyl (C=O) groups excluding carboxylic acids is 2. The highest BCUT2D eigenvalue weighted by molar-refractivity contribution is 6.04. The summed E-state index contributed by atoms with van der Waals surface area (Å²) in [5, 5.41) is 22.0. The van der Waals surface area contributed by atoms with Crippen LogP contribution in [-0.4, -0.2) is 22.0 Å². The Balaban J connectivity index is 2.34. The Morgan fingerprint density at radius 1 is 1.17 bits per heavy atom. The first kappa shape index (κ1) is 20.6. The van der Waals surface area contributed by atoms with E-state index in [1.54, 1.807) is 13.8 Å². The van der Waals surface area contributed by atoms with Crippen molar-refractivity contribution < 1.29 is 24.5 Å². The third-order valence-corrected chi connectivity index (χ3v) is 5.16. The molecule has 29 heavy (non-hydrogen) atoms. The molecule has 5 nitrogen and oxygen atoms in total. The fourth-order valence-corrected chi connectivity index (χ4v) is 3.63. The lowest BCUT2D eigenvalue weighted by molar-refractivity contribution is -0.135. The molecule has 0 saturated heterocycles. The van der Waals surface area contributed by atoms with E-state index in [4.69, 9.17) is 4.74 Å². The van der Waals surface area contributed by atoms with Crippen LogP contribution in [0.15, 0.2) is 42.0 Å². The number of hydrogen-bond acceptors (Lipinski definition) is 5. The molecule has 0 bridgehead atoms. The van der Waals surface area contributed by atoms with Crippen molar-refractivity contribution in [2.45, 2.75) is 46.5 Å². The van der Waals surface area contributed by atoms with Gasteiger partial charge in [-0.3, -0.25) is 9.59 Å². The Morgan fingerprint density at radius 2 is 1.83 bits per heavy atom. The Morgan fingerprint density at radius 3 is 2.41 bits per heavy atom. The van der Waals surface area contributed by atoms with Gasteiger partial charge in [-0.1, -0.05) is 55.8 Å².